The van der Waals surface area contributed by atoms with Crippen LogP contribution in [0, 0.1) is 0 Å². The Bertz CT molecular complexity index is 338. The maximum atomic E-state index is 10.8. The van der Waals surface area contributed by atoms with Crippen LogP contribution in [0.4, 0.5) is 0 Å². The van der Waals surface area contributed by atoms with Gasteiger partial charge in [-0.1, -0.05) is 29.8 Å². The Labute approximate surface area is 97.6 Å². The van der Waals surface area contributed by atoms with Crippen LogP contribution in [-0.4, -0.2) is 21.5 Å². The average molecular weight is 249 g/mol. The summed E-state index contributed by atoms with van der Waals surface area (Å²) in [4.78, 5) is 9.10. The van der Waals surface area contributed by atoms with E-state index in [2.05, 4.69) is 0 Å². The summed E-state index contributed by atoms with van der Waals surface area (Å²) in [7, 11) is 0. The highest BCUT2D eigenvalue weighted by Gasteiger charge is 2.40. The first-order valence-electron chi connectivity index (χ1n) is 4.22. The second-order valence-corrected chi connectivity index (χ2v) is 4.31. The number of aliphatic carboxylic acids is 1. The molecule has 1 rings (SSSR count). The molecule has 0 bridgehead atoms. The fraction of sp³-hybridized carbons (Fsp3) is 0.300. The molecular formula is C10H10Cl2O3. The van der Waals surface area contributed by atoms with Gasteiger partial charge in [-0.3, -0.25) is 4.79 Å². The van der Waals surface area contributed by atoms with E-state index in [9.17, 15) is 4.79 Å². The predicted octanol–water partition coefficient (Wildman–Crippen LogP) is 2.71. The third-order valence-electron chi connectivity index (χ3n) is 1.83. The van der Waals surface area contributed by atoms with Crippen LogP contribution >= 0.6 is 23.2 Å². The molecule has 0 saturated carbocycles. The van der Waals surface area contributed by atoms with Gasteiger partial charge in [0, 0.05) is 0 Å². The van der Waals surface area contributed by atoms with Gasteiger partial charge < -0.3 is 9.84 Å². The van der Waals surface area contributed by atoms with Crippen molar-refractivity contribution in [3.8, 4) is 5.75 Å². The number of hydrogen-bond donors (Lipinski definition) is 1. The Morgan fingerprint density at radius 3 is 2.47 bits per heavy atom. The maximum absolute atomic E-state index is 10.8. The third-order valence-corrected chi connectivity index (χ3v) is 2.82. The minimum absolute atomic E-state index is 0.477. The number of rotatable bonds is 4. The van der Waals surface area contributed by atoms with Crippen LogP contribution in [0.1, 0.15) is 6.92 Å². The molecule has 0 amide bonds. The number of halogens is 2. The maximum Gasteiger partial charge on any atom is 0.329 e. The monoisotopic (exact) mass is 248 g/mol. The Kier molecular flexibility index (Phi) is 3.83. The summed E-state index contributed by atoms with van der Waals surface area (Å²) >= 11 is 11.5. The summed E-state index contributed by atoms with van der Waals surface area (Å²) in [6, 6.07) is 8.66. The molecule has 1 aromatic rings. The summed E-state index contributed by atoms with van der Waals surface area (Å²) in [5, 5.41) is 8.79. The highest BCUT2D eigenvalue weighted by Crippen LogP contribution is 2.27. The van der Waals surface area contributed by atoms with E-state index in [-0.39, 0.29) is 0 Å². The van der Waals surface area contributed by atoms with Crippen molar-refractivity contribution in [1.29, 1.82) is 0 Å². The first-order chi connectivity index (χ1) is 6.94. The fourth-order valence-corrected chi connectivity index (χ4v) is 1.07. The van der Waals surface area contributed by atoms with Gasteiger partial charge in [-0.15, -0.1) is 11.6 Å². The van der Waals surface area contributed by atoms with Gasteiger partial charge >= 0.3 is 5.97 Å². The second kappa shape index (κ2) is 4.73. The zero-order chi connectivity index (χ0) is 11.5. The minimum atomic E-state index is -1.66. The molecule has 3 nitrogen and oxygen atoms in total. The van der Waals surface area contributed by atoms with Crippen LogP contribution in [0.3, 0.4) is 0 Å². The molecule has 0 aliphatic rings. The molecule has 0 aliphatic carbocycles. The number of alkyl halides is 2. The van der Waals surface area contributed by atoms with Crippen molar-refractivity contribution in [2.24, 2.45) is 0 Å². The Morgan fingerprint density at radius 1 is 1.47 bits per heavy atom. The molecule has 0 heterocycles. The van der Waals surface area contributed by atoms with Crippen LogP contribution in [0.25, 0.3) is 0 Å². The largest absolute Gasteiger partial charge is 0.480 e. The summed E-state index contributed by atoms with van der Waals surface area (Å²) in [6.45, 7) is 1.29. The van der Waals surface area contributed by atoms with Gasteiger partial charge in [0.05, 0.1) is 0 Å². The minimum Gasteiger partial charge on any atom is -0.480 e. The molecule has 5 heteroatoms. The normalized spacial score (nSPS) is 16.5. The molecule has 15 heavy (non-hydrogen) atoms. The summed E-state index contributed by atoms with van der Waals surface area (Å²) < 4.78 is 5.19. The van der Waals surface area contributed by atoms with Gasteiger partial charge in [0.25, 0.3) is 0 Å². The van der Waals surface area contributed by atoms with Gasteiger partial charge in [-0.05, 0) is 19.1 Å². The topological polar surface area (TPSA) is 46.5 Å². The number of ether oxygens (including phenoxy) is 1. The first-order valence-corrected chi connectivity index (χ1v) is 5.04. The Balaban J connectivity index is 2.72. The number of carbonyl (C=O) groups is 1. The van der Waals surface area contributed by atoms with Crippen molar-refractivity contribution >= 4 is 29.2 Å². The molecule has 2 unspecified atom stereocenters. The van der Waals surface area contributed by atoms with Crippen molar-refractivity contribution in [2.45, 2.75) is 17.4 Å². The van der Waals surface area contributed by atoms with E-state index in [1.165, 1.54) is 6.92 Å². The molecular weight excluding hydrogens is 239 g/mol. The average Bonchev–Trinajstić information content (AvgIpc) is 2.18. The van der Waals surface area contributed by atoms with E-state index in [1.54, 1.807) is 24.3 Å². The molecule has 0 saturated heterocycles. The Hall–Kier alpha value is -0.930. The van der Waals surface area contributed by atoms with E-state index in [1.807, 2.05) is 6.07 Å². The van der Waals surface area contributed by atoms with Crippen molar-refractivity contribution < 1.29 is 14.6 Å². The number of carboxylic acid groups (broad SMARTS) is 1. The summed E-state index contributed by atoms with van der Waals surface area (Å²) in [5.41, 5.74) is -1.14. The lowest BCUT2D eigenvalue weighted by Gasteiger charge is -2.23. The molecule has 1 aromatic carbocycles. The van der Waals surface area contributed by atoms with Crippen molar-refractivity contribution in [2.75, 3.05) is 0 Å². The van der Waals surface area contributed by atoms with Crippen molar-refractivity contribution in [1.82, 2.24) is 0 Å². The standard InChI is InChI=1S/C10H10Cl2O3/c1-10(12,9(13)14)8(11)15-7-5-3-2-4-6-7/h2-6,8H,1H3,(H,13,14). The van der Waals surface area contributed by atoms with Gasteiger partial charge in [0.2, 0.25) is 5.56 Å². The molecule has 1 N–H and O–H groups in total. The summed E-state index contributed by atoms with van der Waals surface area (Å²) in [5.74, 6) is -0.745. The van der Waals surface area contributed by atoms with E-state index in [0.717, 1.165) is 0 Å². The molecule has 82 valence electrons. The van der Waals surface area contributed by atoms with Crippen molar-refractivity contribution in [3.05, 3.63) is 30.3 Å². The van der Waals surface area contributed by atoms with E-state index in [0.29, 0.717) is 5.75 Å². The fourth-order valence-electron chi connectivity index (χ4n) is 0.826. The van der Waals surface area contributed by atoms with Gasteiger partial charge in [0.1, 0.15) is 5.75 Å². The highest BCUT2D eigenvalue weighted by molar-refractivity contribution is 6.39. The molecule has 0 aromatic heterocycles. The Morgan fingerprint density at radius 2 is 2.00 bits per heavy atom. The second-order valence-electron chi connectivity index (χ2n) is 3.13. The smallest absolute Gasteiger partial charge is 0.329 e. The van der Waals surface area contributed by atoms with Gasteiger partial charge in [-0.2, -0.15) is 0 Å². The van der Waals surface area contributed by atoms with Crippen LogP contribution in [0.5, 0.6) is 5.75 Å². The van der Waals surface area contributed by atoms with E-state index >= 15 is 0 Å². The third kappa shape index (κ3) is 3.01. The SMILES string of the molecule is CC(Cl)(C(=O)O)C(Cl)Oc1ccccc1. The number of carboxylic acids is 1. The zero-order valence-corrected chi connectivity index (χ0v) is 9.50. The van der Waals surface area contributed by atoms with E-state index in [4.69, 9.17) is 33.0 Å². The van der Waals surface area contributed by atoms with Crippen molar-refractivity contribution in [3.63, 3.8) is 0 Å². The van der Waals surface area contributed by atoms with Crippen LogP contribution in [-0.2, 0) is 4.79 Å². The predicted molar refractivity (Wildman–Crippen MR) is 58.6 cm³/mol. The number of benzene rings is 1. The number of para-hydroxylation sites is 1. The lowest BCUT2D eigenvalue weighted by molar-refractivity contribution is -0.141. The lowest BCUT2D eigenvalue weighted by Crippen LogP contribution is -2.41. The highest BCUT2D eigenvalue weighted by atomic mass is 35.5. The first kappa shape index (κ1) is 12.1. The van der Waals surface area contributed by atoms with Crippen LogP contribution in [0.15, 0.2) is 30.3 Å². The lowest BCUT2D eigenvalue weighted by atomic mass is 10.2. The number of hydrogen-bond acceptors (Lipinski definition) is 2. The summed E-state index contributed by atoms with van der Waals surface area (Å²) in [6.07, 6.45) is 0. The van der Waals surface area contributed by atoms with Gasteiger partial charge in [-0.25, -0.2) is 0 Å². The molecule has 0 radical (unpaired) electrons. The van der Waals surface area contributed by atoms with Gasteiger partial charge in [0.15, 0.2) is 4.87 Å². The van der Waals surface area contributed by atoms with E-state index < -0.39 is 16.4 Å². The zero-order valence-electron chi connectivity index (χ0n) is 7.98. The quantitative estimate of drug-likeness (QED) is 0.834. The molecule has 0 spiro atoms. The molecule has 0 fully saturated rings. The molecule has 2 atom stereocenters. The van der Waals surface area contributed by atoms with Crippen LogP contribution < -0.4 is 4.74 Å². The van der Waals surface area contributed by atoms with Crippen LogP contribution in [0.2, 0.25) is 0 Å². The molecule has 0 aliphatic heterocycles.